The van der Waals surface area contributed by atoms with Gasteiger partial charge in [-0.15, -0.1) is 35.3 Å². The molecule has 0 radical (unpaired) electrons. The molecule has 1 heterocycles. The molecular weight excluding hydrogens is 497 g/mol. The molecule has 0 saturated heterocycles. The van der Waals surface area contributed by atoms with Gasteiger partial charge in [0.25, 0.3) is 0 Å². The number of nitrogens with zero attached hydrogens (tertiary/aromatic N) is 4. The second kappa shape index (κ2) is 13.8. The number of rotatable bonds is 10. The van der Waals surface area contributed by atoms with Gasteiger partial charge in [0, 0.05) is 38.1 Å². The third kappa shape index (κ3) is 8.47. The number of thiazole rings is 1. The topological polar surface area (TPSA) is 53.0 Å². The third-order valence-electron chi connectivity index (χ3n) is 4.61. The zero-order chi connectivity index (χ0) is 20.4. The van der Waals surface area contributed by atoms with Crippen LogP contribution in [0.1, 0.15) is 30.1 Å². The summed E-state index contributed by atoms with van der Waals surface area (Å²) in [5.74, 6) is 1.76. The quantitative estimate of drug-likeness (QED) is 0.286. The maximum Gasteiger partial charge on any atom is 0.194 e. The van der Waals surface area contributed by atoms with E-state index in [1.54, 1.807) is 18.4 Å². The van der Waals surface area contributed by atoms with E-state index in [1.807, 2.05) is 32.2 Å². The van der Waals surface area contributed by atoms with Gasteiger partial charge in [-0.25, -0.2) is 4.98 Å². The Morgan fingerprint density at radius 3 is 2.59 bits per heavy atom. The highest BCUT2D eigenvalue weighted by atomic mass is 127. The zero-order valence-corrected chi connectivity index (χ0v) is 21.3. The zero-order valence-electron chi connectivity index (χ0n) is 18.1. The number of guanidine groups is 1. The van der Waals surface area contributed by atoms with E-state index in [-0.39, 0.29) is 24.0 Å². The monoisotopic (exact) mass is 531 g/mol. The van der Waals surface area contributed by atoms with Crippen molar-refractivity contribution in [3.63, 3.8) is 0 Å². The van der Waals surface area contributed by atoms with Gasteiger partial charge < -0.3 is 19.9 Å². The lowest BCUT2D eigenvalue weighted by atomic mass is 10.2. The van der Waals surface area contributed by atoms with E-state index in [2.05, 4.69) is 50.4 Å². The summed E-state index contributed by atoms with van der Waals surface area (Å²) >= 11 is 1.67. The van der Waals surface area contributed by atoms with E-state index in [0.29, 0.717) is 13.2 Å². The van der Waals surface area contributed by atoms with Crippen molar-refractivity contribution in [1.82, 2.24) is 20.1 Å². The van der Waals surface area contributed by atoms with Gasteiger partial charge in [-0.1, -0.05) is 32.0 Å². The van der Waals surface area contributed by atoms with E-state index in [9.17, 15) is 0 Å². The van der Waals surface area contributed by atoms with Crippen LogP contribution < -0.4 is 10.1 Å². The molecule has 0 saturated carbocycles. The van der Waals surface area contributed by atoms with Crippen LogP contribution in [-0.2, 0) is 13.1 Å². The Morgan fingerprint density at radius 2 is 1.97 bits per heavy atom. The van der Waals surface area contributed by atoms with Crippen molar-refractivity contribution in [2.45, 2.75) is 33.9 Å². The van der Waals surface area contributed by atoms with Crippen LogP contribution in [0, 0.1) is 6.92 Å². The first-order valence-corrected chi connectivity index (χ1v) is 10.7. The summed E-state index contributed by atoms with van der Waals surface area (Å²) in [6.45, 7) is 11.5. The van der Waals surface area contributed by atoms with E-state index < -0.39 is 0 Å². The lowest BCUT2D eigenvalue weighted by Crippen LogP contribution is -2.38. The summed E-state index contributed by atoms with van der Waals surface area (Å²) in [5, 5.41) is 6.62. The highest BCUT2D eigenvalue weighted by Crippen LogP contribution is 2.18. The summed E-state index contributed by atoms with van der Waals surface area (Å²) in [6, 6.07) is 8.18. The van der Waals surface area contributed by atoms with Gasteiger partial charge in [0.1, 0.15) is 12.4 Å². The molecule has 162 valence electrons. The van der Waals surface area contributed by atoms with Crippen molar-refractivity contribution >= 4 is 41.3 Å². The van der Waals surface area contributed by atoms with Gasteiger partial charge in [0.2, 0.25) is 0 Å². The highest BCUT2D eigenvalue weighted by molar-refractivity contribution is 14.0. The van der Waals surface area contributed by atoms with E-state index >= 15 is 0 Å². The molecule has 0 aliphatic heterocycles. The number of ether oxygens (including phenoxy) is 1. The average molecular weight is 532 g/mol. The predicted octanol–water partition coefficient (Wildman–Crippen LogP) is 4.00. The van der Waals surface area contributed by atoms with Crippen LogP contribution in [0.25, 0.3) is 0 Å². The number of benzene rings is 1. The smallest absolute Gasteiger partial charge is 0.194 e. The molecule has 2 aromatic rings. The first kappa shape index (κ1) is 25.6. The number of hydrogen-bond donors (Lipinski definition) is 1. The molecule has 6 nitrogen and oxygen atoms in total. The normalized spacial score (nSPS) is 11.3. The SMILES string of the molecule is CCN(CC)CCOc1ccccc1CNC(=NC)N(C)Cc1csc(C)n1.I. The Morgan fingerprint density at radius 1 is 1.24 bits per heavy atom. The molecule has 1 aromatic heterocycles. The van der Waals surface area contributed by atoms with Crippen molar-refractivity contribution in [2.24, 2.45) is 4.99 Å². The fourth-order valence-corrected chi connectivity index (χ4v) is 3.58. The predicted molar refractivity (Wildman–Crippen MR) is 134 cm³/mol. The minimum atomic E-state index is 0. The summed E-state index contributed by atoms with van der Waals surface area (Å²) in [6.07, 6.45) is 0. The van der Waals surface area contributed by atoms with Gasteiger partial charge in [0.15, 0.2) is 5.96 Å². The van der Waals surface area contributed by atoms with Gasteiger partial charge in [0.05, 0.1) is 17.2 Å². The van der Waals surface area contributed by atoms with Crippen LogP contribution in [0.4, 0.5) is 0 Å². The lowest BCUT2D eigenvalue weighted by Gasteiger charge is -2.22. The van der Waals surface area contributed by atoms with Crippen LogP contribution in [0.5, 0.6) is 5.75 Å². The molecular formula is C21H34IN5OS. The Hall–Kier alpha value is -1.39. The van der Waals surface area contributed by atoms with Crippen molar-refractivity contribution in [3.05, 3.63) is 45.9 Å². The van der Waals surface area contributed by atoms with Gasteiger partial charge in [-0.2, -0.15) is 0 Å². The number of nitrogens with one attached hydrogen (secondary N) is 1. The van der Waals surface area contributed by atoms with Crippen molar-refractivity contribution in [1.29, 1.82) is 0 Å². The van der Waals surface area contributed by atoms with E-state index in [0.717, 1.165) is 54.2 Å². The van der Waals surface area contributed by atoms with Gasteiger partial charge >= 0.3 is 0 Å². The highest BCUT2D eigenvalue weighted by Gasteiger charge is 2.10. The standard InChI is InChI=1S/C21H33N5OS.HI/c1-6-26(7-2)12-13-27-20-11-9-8-10-18(20)14-23-21(22-4)25(5)15-19-16-28-17(3)24-19;/h8-11,16H,6-7,12-15H2,1-5H3,(H,22,23);1H. The van der Waals surface area contributed by atoms with Crippen molar-refractivity contribution in [2.75, 3.05) is 40.3 Å². The molecule has 1 N–H and O–H groups in total. The minimum absolute atomic E-state index is 0. The molecule has 1 aromatic carbocycles. The summed E-state index contributed by atoms with van der Waals surface area (Å²) in [4.78, 5) is 13.4. The van der Waals surface area contributed by atoms with Crippen molar-refractivity contribution in [3.8, 4) is 5.75 Å². The molecule has 29 heavy (non-hydrogen) atoms. The fourth-order valence-electron chi connectivity index (χ4n) is 2.97. The summed E-state index contributed by atoms with van der Waals surface area (Å²) in [5.41, 5.74) is 2.19. The largest absolute Gasteiger partial charge is 0.492 e. The van der Waals surface area contributed by atoms with Crippen LogP contribution >= 0.6 is 35.3 Å². The molecule has 2 rings (SSSR count). The van der Waals surface area contributed by atoms with E-state index in [4.69, 9.17) is 4.74 Å². The number of aryl methyl sites for hydroxylation is 1. The average Bonchev–Trinajstić information content (AvgIpc) is 3.11. The summed E-state index contributed by atoms with van der Waals surface area (Å²) < 4.78 is 6.05. The molecule has 0 spiro atoms. The van der Waals surface area contributed by atoms with Crippen LogP contribution in [0.15, 0.2) is 34.6 Å². The number of aromatic nitrogens is 1. The molecule has 0 aliphatic carbocycles. The Bertz CT molecular complexity index is 748. The lowest BCUT2D eigenvalue weighted by molar-refractivity contribution is 0.221. The molecule has 0 fully saturated rings. The van der Waals surface area contributed by atoms with Gasteiger partial charge in [-0.05, 0) is 26.1 Å². The summed E-state index contributed by atoms with van der Waals surface area (Å²) in [7, 11) is 3.83. The third-order valence-corrected chi connectivity index (χ3v) is 5.43. The van der Waals surface area contributed by atoms with Crippen LogP contribution in [-0.4, -0.2) is 61.1 Å². The number of likely N-dealkylation sites (N-methyl/N-ethyl adjacent to an activating group) is 1. The van der Waals surface area contributed by atoms with Crippen LogP contribution in [0.2, 0.25) is 0 Å². The van der Waals surface area contributed by atoms with Crippen molar-refractivity contribution < 1.29 is 4.74 Å². The van der Waals surface area contributed by atoms with E-state index in [1.165, 1.54) is 0 Å². The first-order chi connectivity index (χ1) is 13.6. The number of aliphatic imine (C=N–C) groups is 1. The molecule has 0 atom stereocenters. The molecule has 8 heteroatoms. The number of para-hydroxylation sites is 1. The Kier molecular flexibility index (Phi) is 12.2. The minimum Gasteiger partial charge on any atom is -0.492 e. The maximum absolute atomic E-state index is 6.05. The van der Waals surface area contributed by atoms with Crippen LogP contribution in [0.3, 0.4) is 0 Å². The Balaban J connectivity index is 0.00000420. The van der Waals surface area contributed by atoms with Gasteiger partial charge in [-0.3, -0.25) is 4.99 Å². The first-order valence-electron chi connectivity index (χ1n) is 9.83. The number of halogens is 1. The second-order valence-electron chi connectivity index (χ2n) is 6.60. The fraction of sp³-hybridized carbons (Fsp3) is 0.524. The maximum atomic E-state index is 6.05. The second-order valence-corrected chi connectivity index (χ2v) is 7.66. The molecule has 0 aliphatic rings. The number of hydrogen-bond acceptors (Lipinski definition) is 5. The Labute approximate surface area is 196 Å². The molecule has 0 amide bonds. The molecule has 0 bridgehead atoms. The molecule has 0 unspecified atom stereocenters.